The molecule has 1 N–H and O–H groups in total. The molecule has 1 fully saturated rings. The summed E-state index contributed by atoms with van der Waals surface area (Å²) in [7, 11) is -1.40. The van der Waals surface area contributed by atoms with E-state index in [-0.39, 0.29) is 33.4 Å². The normalized spacial score (nSPS) is 17.4. The van der Waals surface area contributed by atoms with E-state index in [1.807, 2.05) is 0 Å². The van der Waals surface area contributed by atoms with Gasteiger partial charge in [0.15, 0.2) is 23.1 Å². The van der Waals surface area contributed by atoms with Crippen LogP contribution in [0, 0.1) is 11.7 Å². The number of sulfonamides is 1. The lowest BCUT2D eigenvalue weighted by molar-refractivity contribution is -0.135. The van der Waals surface area contributed by atoms with E-state index in [1.165, 1.54) is 39.2 Å². The van der Waals surface area contributed by atoms with Crippen molar-refractivity contribution in [3.05, 3.63) is 58.1 Å². The Morgan fingerprint density at radius 1 is 1.22 bits per heavy atom. The Labute approximate surface area is 268 Å². The summed E-state index contributed by atoms with van der Waals surface area (Å²) in [5.74, 6) is 0.492. The number of halogens is 1. The SMILES string of the molecule is C=C(Oc1ccc(NS(=O)(=O)C2=C(C(=O)OC)SCC2)cc1F)c1cc(OC)c(OCCCN2CCCC(C)C2)cc1/N=C\C. The number of piperidine rings is 1. The molecule has 244 valence electrons. The van der Waals surface area contributed by atoms with Crippen molar-refractivity contribution in [2.45, 2.75) is 39.5 Å². The number of carbonyl (C=O) groups is 1. The van der Waals surface area contributed by atoms with E-state index in [0.717, 1.165) is 49.8 Å². The van der Waals surface area contributed by atoms with Crippen molar-refractivity contribution in [3.63, 3.8) is 0 Å². The standard InChI is InChI=1S/C32H40FN3O7S2/c1-6-34-26-19-29(42-15-8-14-36-13-7-9-21(2)20-36)28(40-4)18-24(26)22(3)43-27-11-10-23(17-25(27)33)35-45(38,39)30-12-16-44-31(30)32(37)41-5/h6,10-11,17-19,21,35H,3,7-9,12-16,20H2,1-2,4-5H3/b34-6-. The number of anilines is 1. The predicted octanol–water partition coefficient (Wildman–Crippen LogP) is 6.37. The zero-order valence-corrected chi connectivity index (χ0v) is 27.7. The minimum Gasteiger partial charge on any atom is -0.493 e. The van der Waals surface area contributed by atoms with Gasteiger partial charge in [-0.25, -0.2) is 17.6 Å². The van der Waals surface area contributed by atoms with Gasteiger partial charge in [-0.2, -0.15) is 0 Å². The minimum atomic E-state index is -4.11. The van der Waals surface area contributed by atoms with Gasteiger partial charge in [-0.3, -0.25) is 9.71 Å². The maximum Gasteiger partial charge on any atom is 0.345 e. The lowest BCUT2D eigenvalue weighted by atomic mass is 10.0. The van der Waals surface area contributed by atoms with Crippen LogP contribution >= 0.6 is 11.8 Å². The molecular formula is C32H40FN3O7S2. The van der Waals surface area contributed by atoms with Gasteiger partial charge in [0.25, 0.3) is 10.0 Å². The number of rotatable bonds is 14. The van der Waals surface area contributed by atoms with Gasteiger partial charge in [0.1, 0.15) is 10.7 Å². The quantitative estimate of drug-likeness (QED) is 0.107. The average Bonchev–Trinajstić information content (AvgIpc) is 3.52. The largest absolute Gasteiger partial charge is 0.493 e. The lowest BCUT2D eigenvalue weighted by Gasteiger charge is -2.30. The summed E-state index contributed by atoms with van der Waals surface area (Å²) in [6.07, 6.45) is 5.15. The van der Waals surface area contributed by atoms with Crippen LogP contribution in [-0.2, 0) is 19.6 Å². The molecule has 2 aromatic carbocycles. The Bertz CT molecular complexity index is 1580. The van der Waals surface area contributed by atoms with Gasteiger partial charge in [-0.15, -0.1) is 11.8 Å². The number of carbonyl (C=O) groups excluding carboxylic acids is 1. The molecule has 0 aromatic heterocycles. The fourth-order valence-electron chi connectivity index (χ4n) is 5.26. The maximum absolute atomic E-state index is 15.2. The van der Waals surface area contributed by atoms with Gasteiger partial charge >= 0.3 is 5.97 Å². The predicted molar refractivity (Wildman–Crippen MR) is 176 cm³/mol. The van der Waals surface area contributed by atoms with E-state index >= 15 is 4.39 Å². The third-order valence-electron chi connectivity index (χ3n) is 7.41. The number of likely N-dealkylation sites (tertiary alicyclic amines) is 1. The second-order valence-corrected chi connectivity index (χ2v) is 13.6. The summed E-state index contributed by atoms with van der Waals surface area (Å²) in [4.78, 5) is 18.8. The smallest absolute Gasteiger partial charge is 0.345 e. The van der Waals surface area contributed by atoms with Gasteiger partial charge in [0.2, 0.25) is 0 Å². The molecule has 2 aliphatic heterocycles. The molecule has 0 radical (unpaired) electrons. The summed E-state index contributed by atoms with van der Waals surface area (Å²) < 4.78 is 65.5. The van der Waals surface area contributed by atoms with Crippen LogP contribution in [0.15, 0.2) is 51.7 Å². The molecule has 2 aliphatic rings. The molecule has 1 unspecified atom stereocenters. The molecule has 1 saturated heterocycles. The van der Waals surface area contributed by atoms with Crippen LogP contribution in [0.2, 0.25) is 0 Å². The van der Waals surface area contributed by atoms with E-state index in [4.69, 9.17) is 14.2 Å². The molecule has 1 atom stereocenters. The summed E-state index contributed by atoms with van der Waals surface area (Å²) in [6, 6.07) is 7.06. The summed E-state index contributed by atoms with van der Waals surface area (Å²) >= 11 is 1.10. The average molecular weight is 662 g/mol. The lowest BCUT2D eigenvalue weighted by Crippen LogP contribution is -2.35. The van der Waals surface area contributed by atoms with Crippen LogP contribution < -0.4 is 18.9 Å². The van der Waals surface area contributed by atoms with E-state index in [9.17, 15) is 13.2 Å². The van der Waals surface area contributed by atoms with Crippen molar-refractivity contribution < 1.29 is 36.6 Å². The highest BCUT2D eigenvalue weighted by Crippen LogP contribution is 2.40. The van der Waals surface area contributed by atoms with E-state index in [2.05, 4.69) is 32.9 Å². The number of hydrogen-bond donors (Lipinski definition) is 1. The Morgan fingerprint density at radius 2 is 2.02 bits per heavy atom. The van der Waals surface area contributed by atoms with Crippen LogP contribution in [0.4, 0.5) is 15.8 Å². The molecular weight excluding hydrogens is 621 g/mol. The van der Waals surface area contributed by atoms with Crippen molar-refractivity contribution in [2.24, 2.45) is 10.9 Å². The van der Waals surface area contributed by atoms with Gasteiger partial charge in [0.05, 0.1) is 37.1 Å². The van der Waals surface area contributed by atoms with Crippen molar-refractivity contribution in [2.75, 3.05) is 50.9 Å². The topological polar surface area (TPSA) is 116 Å². The summed E-state index contributed by atoms with van der Waals surface area (Å²) in [6.45, 7) is 11.7. The summed E-state index contributed by atoms with van der Waals surface area (Å²) in [5, 5.41) is 0. The van der Waals surface area contributed by atoms with E-state index in [1.54, 1.807) is 25.3 Å². The van der Waals surface area contributed by atoms with Crippen LogP contribution in [0.25, 0.3) is 5.76 Å². The number of methoxy groups -OCH3 is 2. The third-order valence-corrected chi connectivity index (χ3v) is 10.2. The first-order valence-corrected chi connectivity index (χ1v) is 17.2. The fraction of sp³-hybridized carbons (Fsp3) is 0.438. The summed E-state index contributed by atoms with van der Waals surface area (Å²) in [5.41, 5.74) is 0.926. The Kier molecular flexibility index (Phi) is 11.9. The van der Waals surface area contributed by atoms with E-state index < -0.39 is 21.8 Å². The van der Waals surface area contributed by atoms with Gasteiger partial charge in [-0.05, 0) is 63.3 Å². The van der Waals surface area contributed by atoms with Crippen LogP contribution in [0.5, 0.6) is 17.2 Å². The zero-order chi connectivity index (χ0) is 32.6. The molecule has 13 heteroatoms. The van der Waals surface area contributed by atoms with Crippen LogP contribution in [-0.4, -0.2) is 71.7 Å². The highest BCUT2D eigenvalue weighted by Gasteiger charge is 2.31. The molecule has 0 spiro atoms. The molecule has 0 amide bonds. The number of nitrogens with one attached hydrogen (secondary N) is 1. The molecule has 2 aromatic rings. The first-order valence-electron chi connectivity index (χ1n) is 14.8. The highest BCUT2D eigenvalue weighted by molar-refractivity contribution is 8.06. The number of allylic oxidation sites excluding steroid dienone is 1. The molecule has 2 heterocycles. The third kappa shape index (κ3) is 8.80. The zero-order valence-electron chi connectivity index (χ0n) is 26.1. The number of esters is 1. The second-order valence-electron chi connectivity index (χ2n) is 10.8. The van der Waals surface area contributed by atoms with Crippen molar-refractivity contribution in [3.8, 4) is 17.2 Å². The first-order chi connectivity index (χ1) is 21.6. The number of aliphatic imine (C=N–C) groups is 1. The van der Waals surface area contributed by atoms with E-state index in [0.29, 0.717) is 35.1 Å². The molecule has 10 nitrogen and oxygen atoms in total. The Morgan fingerprint density at radius 3 is 2.71 bits per heavy atom. The Hall–Kier alpha value is -3.55. The monoisotopic (exact) mass is 661 g/mol. The molecule has 0 saturated carbocycles. The number of hydrogen-bond acceptors (Lipinski definition) is 10. The number of thioether (sulfide) groups is 1. The molecule has 0 bridgehead atoms. The number of nitrogens with zero attached hydrogens (tertiary/aromatic N) is 2. The van der Waals surface area contributed by atoms with Gasteiger partial charge < -0.3 is 23.8 Å². The van der Waals surface area contributed by atoms with Crippen molar-refractivity contribution in [1.82, 2.24) is 4.90 Å². The molecule has 45 heavy (non-hydrogen) atoms. The van der Waals surface area contributed by atoms with Crippen LogP contribution in [0.3, 0.4) is 0 Å². The maximum atomic E-state index is 15.2. The Balaban J connectivity index is 1.45. The first kappa shape index (κ1) is 34.3. The van der Waals surface area contributed by atoms with Gasteiger partial charge in [0, 0.05) is 42.8 Å². The fourth-order valence-corrected chi connectivity index (χ4v) is 8.13. The number of benzene rings is 2. The second kappa shape index (κ2) is 15.6. The van der Waals surface area contributed by atoms with Crippen LogP contribution in [0.1, 0.15) is 45.1 Å². The van der Waals surface area contributed by atoms with Crippen molar-refractivity contribution >= 4 is 51.1 Å². The number of ether oxygens (including phenoxy) is 4. The molecule has 4 rings (SSSR count). The van der Waals surface area contributed by atoms with Gasteiger partial charge in [-0.1, -0.05) is 13.5 Å². The molecule has 0 aliphatic carbocycles. The minimum absolute atomic E-state index is 0.0197. The highest BCUT2D eigenvalue weighted by atomic mass is 32.2. The van der Waals surface area contributed by atoms with Crippen molar-refractivity contribution in [1.29, 1.82) is 0 Å².